The summed E-state index contributed by atoms with van der Waals surface area (Å²) in [6, 6.07) is 0. The molecule has 0 nitrogen and oxygen atoms in total. The predicted molar refractivity (Wildman–Crippen MR) is 42.6 cm³/mol. The molecule has 54 valence electrons. The second-order valence-corrected chi connectivity index (χ2v) is 3.90. The second kappa shape index (κ2) is 1.57. The van der Waals surface area contributed by atoms with E-state index in [1.807, 2.05) is 0 Å². The first-order chi connectivity index (χ1) is 4.73. The van der Waals surface area contributed by atoms with E-state index in [1.165, 1.54) is 6.42 Å². The number of allylic oxidation sites excluding steroid dienone is 1. The van der Waals surface area contributed by atoms with E-state index in [4.69, 9.17) is 0 Å². The van der Waals surface area contributed by atoms with E-state index in [0.29, 0.717) is 0 Å². The lowest BCUT2D eigenvalue weighted by Crippen LogP contribution is -1.76. The molecule has 4 unspecified atom stereocenters. The number of hydrogen-bond acceptors (Lipinski definition) is 0. The zero-order valence-corrected chi connectivity index (χ0v) is 6.72. The highest BCUT2D eigenvalue weighted by Crippen LogP contribution is 2.78. The summed E-state index contributed by atoms with van der Waals surface area (Å²) in [5, 5.41) is 0. The highest BCUT2D eigenvalue weighted by atomic mass is 14.8. The Kier molecular flexibility index (Phi) is 0.980. The number of rotatable bonds is 1. The third-order valence-electron chi connectivity index (χ3n) is 3.61. The Morgan fingerprint density at radius 2 is 2.20 bits per heavy atom. The summed E-state index contributed by atoms with van der Waals surface area (Å²) in [6.07, 6.45) is 3.60. The van der Waals surface area contributed by atoms with E-state index in [9.17, 15) is 0 Å². The van der Waals surface area contributed by atoms with Gasteiger partial charge in [0, 0.05) is 0 Å². The number of hydrogen-bond donors (Lipinski definition) is 0. The fourth-order valence-corrected chi connectivity index (χ4v) is 2.69. The van der Waals surface area contributed by atoms with Gasteiger partial charge in [-0.3, -0.25) is 0 Å². The highest BCUT2D eigenvalue weighted by Gasteiger charge is 2.72. The van der Waals surface area contributed by atoms with Gasteiger partial charge in [-0.25, -0.2) is 0 Å². The van der Waals surface area contributed by atoms with E-state index in [1.54, 1.807) is 0 Å². The Balaban J connectivity index is 2.12. The molecular formula is C10H14. The van der Waals surface area contributed by atoms with Gasteiger partial charge in [-0.15, -0.1) is 5.73 Å². The van der Waals surface area contributed by atoms with Crippen LogP contribution >= 0.6 is 0 Å². The lowest BCUT2D eigenvalue weighted by Gasteiger charge is -1.81. The summed E-state index contributed by atoms with van der Waals surface area (Å²) >= 11 is 0. The summed E-state index contributed by atoms with van der Waals surface area (Å²) in [4.78, 5) is 0. The minimum Gasteiger partial charge on any atom is -0.133 e. The van der Waals surface area contributed by atoms with Crippen molar-refractivity contribution in [2.24, 2.45) is 23.2 Å². The molecule has 0 aliphatic heterocycles. The SMILES string of the molecule is C=C=CC1C(C)C12CC2C. The van der Waals surface area contributed by atoms with Gasteiger partial charge in [0.15, 0.2) is 0 Å². The third-order valence-corrected chi connectivity index (χ3v) is 3.61. The molecule has 0 N–H and O–H groups in total. The van der Waals surface area contributed by atoms with Gasteiger partial charge in [0.25, 0.3) is 0 Å². The summed E-state index contributed by atoms with van der Waals surface area (Å²) in [5.41, 5.74) is 3.63. The fraction of sp³-hybridized carbons (Fsp3) is 0.700. The molecule has 0 heterocycles. The largest absolute Gasteiger partial charge is 0.133 e. The average Bonchev–Trinajstić information content (AvgIpc) is 2.67. The van der Waals surface area contributed by atoms with Crippen LogP contribution in [-0.2, 0) is 0 Å². The smallest absolute Gasteiger partial charge is 0.00643 e. The van der Waals surface area contributed by atoms with Crippen LogP contribution in [0.4, 0.5) is 0 Å². The van der Waals surface area contributed by atoms with Crippen molar-refractivity contribution in [3.63, 3.8) is 0 Å². The third kappa shape index (κ3) is 0.491. The first-order valence-electron chi connectivity index (χ1n) is 4.09. The Labute approximate surface area is 62.6 Å². The molecule has 2 aliphatic carbocycles. The lowest BCUT2D eigenvalue weighted by molar-refractivity contribution is 0.686. The van der Waals surface area contributed by atoms with E-state index in [-0.39, 0.29) is 0 Å². The molecule has 0 aromatic carbocycles. The average molecular weight is 134 g/mol. The zero-order chi connectivity index (χ0) is 7.35. The highest BCUT2D eigenvalue weighted by molar-refractivity contribution is 5.26. The van der Waals surface area contributed by atoms with Gasteiger partial charge in [0.2, 0.25) is 0 Å². The van der Waals surface area contributed by atoms with Crippen molar-refractivity contribution in [2.45, 2.75) is 20.3 Å². The van der Waals surface area contributed by atoms with Gasteiger partial charge in [-0.2, -0.15) is 0 Å². The summed E-state index contributed by atoms with van der Waals surface area (Å²) < 4.78 is 0. The predicted octanol–water partition coefficient (Wildman–Crippen LogP) is 2.62. The van der Waals surface area contributed by atoms with E-state index < -0.39 is 0 Å². The molecule has 2 aliphatic rings. The van der Waals surface area contributed by atoms with Gasteiger partial charge >= 0.3 is 0 Å². The molecule has 4 atom stereocenters. The van der Waals surface area contributed by atoms with Crippen LogP contribution < -0.4 is 0 Å². The molecule has 2 rings (SSSR count). The van der Waals surface area contributed by atoms with Crippen LogP contribution in [0.3, 0.4) is 0 Å². The van der Waals surface area contributed by atoms with Gasteiger partial charge in [-0.1, -0.05) is 20.4 Å². The first-order valence-corrected chi connectivity index (χ1v) is 4.09. The molecule has 0 aromatic heterocycles. The topological polar surface area (TPSA) is 0 Å². The summed E-state index contributed by atoms with van der Waals surface area (Å²) in [7, 11) is 0. The van der Waals surface area contributed by atoms with Crippen molar-refractivity contribution in [3.8, 4) is 0 Å². The first kappa shape index (κ1) is 6.24. The minimum absolute atomic E-state index is 0.727. The zero-order valence-electron chi connectivity index (χ0n) is 6.72. The fourth-order valence-electron chi connectivity index (χ4n) is 2.69. The van der Waals surface area contributed by atoms with Crippen LogP contribution in [-0.4, -0.2) is 0 Å². The Morgan fingerprint density at radius 3 is 2.50 bits per heavy atom. The lowest BCUT2D eigenvalue weighted by atomic mass is 10.2. The second-order valence-electron chi connectivity index (χ2n) is 3.90. The van der Waals surface area contributed by atoms with Crippen LogP contribution in [0.1, 0.15) is 20.3 Å². The molecule has 1 spiro atoms. The Bertz CT molecular complexity index is 210. The maximum atomic E-state index is 3.61. The standard InChI is InChI=1S/C10H14/c1-4-5-9-8(3)10(9)6-7(10)2/h5,7-9H,1,6H2,2-3H3. The summed E-state index contributed by atoms with van der Waals surface area (Å²) in [5.74, 6) is 2.70. The van der Waals surface area contributed by atoms with Crippen molar-refractivity contribution in [2.75, 3.05) is 0 Å². The van der Waals surface area contributed by atoms with Crippen LogP contribution in [0.5, 0.6) is 0 Å². The molecule has 0 amide bonds. The van der Waals surface area contributed by atoms with Gasteiger partial charge in [-0.05, 0) is 35.7 Å². The van der Waals surface area contributed by atoms with Gasteiger partial charge in [0.1, 0.15) is 0 Å². The van der Waals surface area contributed by atoms with Gasteiger partial charge < -0.3 is 0 Å². The van der Waals surface area contributed by atoms with Crippen molar-refractivity contribution >= 4 is 0 Å². The molecule has 2 fully saturated rings. The van der Waals surface area contributed by atoms with E-state index >= 15 is 0 Å². The Hall–Kier alpha value is -0.480. The maximum Gasteiger partial charge on any atom is -0.00643 e. The maximum absolute atomic E-state index is 3.61. The quantitative estimate of drug-likeness (QED) is 0.483. The van der Waals surface area contributed by atoms with Gasteiger partial charge in [0.05, 0.1) is 0 Å². The molecule has 2 saturated carbocycles. The van der Waals surface area contributed by atoms with Crippen LogP contribution in [0.2, 0.25) is 0 Å². The monoisotopic (exact) mass is 134 g/mol. The normalized spacial score (nSPS) is 56.0. The van der Waals surface area contributed by atoms with Crippen molar-refractivity contribution < 1.29 is 0 Å². The van der Waals surface area contributed by atoms with Crippen LogP contribution in [0.15, 0.2) is 18.4 Å². The van der Waals surface area contributed by atoms with Crippen molar-refractivity contribution in [3.05, 3.63) is 18.4 Å². The van der Waals surface area contributed by atoms with E-state index in [2.05, 4.69) is 32.2 Å². The van der Waals surface area contributed by atoms with Crippen molar-refractivity contribution in [1.82, 2.24) is 0 Å². The Morgan fingerprint density at radius 1 is 1.60 bits per heavy atom. The summed E-state index contributed by atoms with van der Waals surface area (Å²) in [6.45, 7) is 8.32. The van der Waals surface area contributed by atoms with Crippen LogP contribution in [0, 0.1) is 23.2 Å². The molecule has 0 radical (unpaired) electrons. The molecule has 0 aromatic rings. The molecule has 0 bridgehead atoms. The van der Waals surface area contributed by atoms with Crippen LogP contribution in [0.25, 0.3) is 0 Å². The molecule has 0 saturated heterocycles. The molecule has 0 heteroatoms. The minimum atomic E-state index is 0.727. The van der Waals surface area contributed by atoms with E-state index in [0.717, 1.165) is 23.2 Å². The molecular weight excluding hydrogens is 120 g/mol. The molecule has 10 heavy (non-hydrogen) atoms. The van der Waals surface area contributed by atoms with Crippen molar-refractivity contribution in [1.29, 1.82) is 0 Å².